The summed E-state index contributed by atoms with van der Waals surface area (Å²) in [6.07, 6.45) is 0. The van der Waals surface area contributed by atoms with E-state index in [1.165, 1.54) is 14.9 Å². The molecule has 6 heteroatoms. The Kier molecular flexibility index (Phi) is 8.13. The van der Waals surface area contributed by atoms with Gasteiger partial charge in [-0.05, 0) is 18.2 Å². The predicted molar refractivity (Wildman–Crippen MR) is 101 cm³/mol. The molecule has 2 aliphatic rings. The van der Waals surface area contributed by atoms with Crippen LogP contribution >= 0.6 is 48.6 Å². The number of benzene rings is 2. The third-order valence-electron chi connectivity index (χ3n) is 2.79. The van der Waals surface area contributed by atoms with Crippen molar-refractivity contribution in [3.05, 3.63) is 47.8 Å². The van der Waals surface area contributed by atoms with Crippen LogP contribution in [0.15, 0.2) is 42.5 Å². The number of aromatic nitrogens is 1. The Hall–Kier alpha value is 0.450. The van der Waals surface area contributed by atoms with Gasteiger partial charge in [-0.25, -0.2) is 9.56 Å². The van der Waals surface area contributed by atoms with Gasteiger partial charge >= 0.3 is 0 Å². The molecule has 0 aromatic heterocycles. The molecule has 0 spiro atoms. The number of hydrogen-bond donors (Lipinski definition) is 0. The highest BCUT2D eigenvalue weighted by atomic mass is 128. The molecule has 106 valence electrons. The Morgan fingerprint density at radius 2 is 1.75 bits per heavy atom. The summed E-state index contributed by atoms with van der Waals surface area (Å²) in [6, 6.07) is 14.7. The van der Waals surface area contributed by atoms with E-state index < -0.39 is 0 Å². The van der Waals surface area contributed by atoms with E-state index in [0.29, 0.717) is 0 Å². The van der Waals surface area contributed by atoms with Gasteiger partial charge in [0.1, 0.15) is 14.1 Å². The predicted octanol–water partition coefficient (Wildman–Crippen LogP) is 1.21. The van der Waals surface area contributed by atoms with Crippen molar-refractivity contribution in [2.45, 2.75) is 0 Å². The molecule has 1 aliphatic heterocycles. The Morgan fingerprint density at radius 1 is 1.05 bits per heavy atom. The van der Waals surface area contributed by atoms with Gasteiger partial charge in [-0.2, -0.15) is 0 Å². The van der Waals surface area contributed by atoms with Gasteiger partial charge in [-0.3, -0.25) is 0 Å². The molecule has 1 aromatic rings. The van der Waals surface area contributed by atoms with E-state index in [0.717, 1.165) is 11.2 Å². The summed E-state index contributed by atoms with van der Waals surface area (Å²) in [6.45, 7) is 0. The van der Waals surface area contributed by atoms with E-state index in [2.05, 4.69) is 97.3 Å². The molecule has 1 aromatic carbocycles. The van der Waals surface area contributed by atoms with E-state index >= 15 is 0 Å². The number of hydrogen-bond acceptors (Lipinski definition) is 2. The van der Waals surface area contributed by atoms with Crippen LogP contribution in [0.5, 0.6) is 0 Å². The second kappa shape index (κ2) is 8.79. The zero-order chi connectivity index (χ0) is 13.8. The van der Waals surface area contributed by atoms with Gasteiger partial charge in [0.15, 0.2) is 0 Å². The van der Waals surface area contributed by atoms with E-state index in [1.54, 1.807) is 11.3 Å². The summed E-state index contributed by atoms with van der Waals surface area (Å²) in [5.74, 6) is 0. The smallest absolute Gasteiger partial charge is 0.201 e. The maximum absolute atomic E-state index is 4.67. The van der Waals surface area contributed by atoms with Gasteiger partial charge < -0.3 is 24.0 Å². The van der Waals surface area contributed by atoms with Gasteiger partial charge in [0.2, 0.25) is 5.36 Å². The molecule has 0 unspecified atom stereocenters. The van der Waals surface area contributed by atoms with E-state index in [1.807, 2.05) is 6.07 Å². The van der Waals surface area contributed by atoms with Crippen LogP contribution in [0.25, 0.3) is 20.8 Å². The van der Waals surface area contributed by atoms with Gasteiger partial charge in [-0.15, -0.1) is 11.3 Å². The summed E-state index contributed by atoms with van der Waals surface area (Å²) in [5.41, 5.74) is 2.14. The quantitative estimate of drug-likeness (QED) is 0.210. The molecule has 1 heterocycles. The van der Waals surface area contributed by atoms with Crippen LogP contribution in [-0.4, -0.2) is 19.1 Å². The summed E-state index contributed by atoms with van der Waals surface area (Å²) < 4.78 is 3.34. The molecule has 0 radical (unpaired) electrons. The summed E-state index contributed by atoms with van der Waals surface area (Å²) in [4.78, 5) is 5.90. The molecule has 0 saturated carbocycles. The van der Waals surface area contributed by atoms with Crippen molar-refractivity contribution in [2.24, 2.45) is 0 Å². The van der Waals surface area contributed by atoms with Crippen molar-refractivity contribution >= 4 is 58.8 Å². The van der Waals surface area contributed by atoms with Crippen molar-refractivity contribution in [1.29, 1.82) is 0 Å². The largest absolute Gasteiger partial charge is 1.00 e. The molecule has 0 saturated heterocycles. The molecule has 0 bridgehead atoms. The van der Waals surface area contributed by atoms with Crippen molar-refractivity contribution in [3.8, 4) is 10.6 Å². The normalized spacial score (nSPS) is 9.60. The van der Waals surface area contributed by atoms with Crippen LogP contribution in [0.4, 0.5) is 0 Å². The lowest BCUT2D eigenvalue weighted by Crippen LogP contribution is -3.00. The van der Waals surface area contributed by atoms with Crippen molar-refractivity contribution in [2.75, 3.05) is 14.1 Å². The number of para-hydroxylation sites is 1. The van der Waals surface area contributed by atoms with Crippen LogP contribution in [0, 0.1) is 0 Å². The fourth-order valence-corrected chi connectivity index (χ4v) is 2.84. The topological polar surface area (TPSA) is 15.9 Å². The van der Waals surface area contributed by atoms with Crippen molar-refractivity contribution < 1.29 is 24.0 Å². The molecule has 0 N–H and O–H groups in total. The standard InChI is InChI=1S/C14H13N2S.I2.HI/c1-16(2)10-7-8-12-14(9-10)17-13-6-4-3-5-11(13)15-12;1-2;/h3-9H,1-2H3;;1H/q+1;;/p-1. The van der Waals surface area contributed by atoms with Crippen LogP contribution < -0.4 is 33.9 Å². The molecule has 0 atom stereocenters. The summed E-state index contributed by atoms with van der Waals surface area (Å²) >= 11 is 6.03. The summed E-state index contributed by atoms with van der Waals surface area (Å²) in [5, 5.41) is 1.21. The lowest BCUT2D eigenvalue weighted by molar-refractivity contribution is -0.00000353. The average molecular weight is 622 g/mol. The maximum atomic E-state index is 4.67. The van der Waals surface area contributed by atoms with E-state index in [-0.39, 0.29) is 24.0 Å². The van der Waals surface area contributed by atoms with Gasteiger partial charge in [0.25, 0.3) is 0 Å². The molecule has 0 fully saturated rings. The monoisotopic (exact) mass is 622 g/mol. The molecule has 1 aliphatic carbocycles. The van der Waals surface area contributed by atoms with Crippen molar-refractivity contribution in [3.63, 3.8) is 0 Å². The first-order valence-electron chi connectivity index (χ1n) is 5.68. The molecular weight excluding hydrogens is 609 g/mol. The second-order valence-electron chi connectivity index (χ2n) is 4.23. The average Bonchev–Trinajstić information content (AvgIpc) is 2.46. The highest BCUT2D eigenvalue weighted by molar-refractivity contribution is 15.0. The number of halogens is 3. The zero-order valence-corrected chi connectivity index (χ0v) is 18.3. The number of fused-ring (bicyclic) bond motifs is 2. The fourth-order valence-electron chi connectivity index (χ4n) is 1.84. The Bertz CT molecular complexity index is 736. The van der Waals surface area contributed by atoms with Crippen LogP contribution in [0.2, 0.25) is 0 Å². The van der Waals surface area contributed by atoms with Crippen LogP contribution in [-0.2, 0) is 0 Å². The minimum absolute atomic E-state index is 0. The second-order valence-corrected chi connectivity index (χ2v) is 5.31. The van der Waals surface area contributed by atoms with Crippen LogP contribution in [0.1, 0.15) is 0 Å². The highest BCUT2D eigenvalue weighted by Gasteiger charge is 2.07. The minimum Gasteiger partial charge on any atom is -1.00 e. The molecule has 3 rings (SSSR count). The molecule has 2 nitrogen and oxygen atoms in total. The van der Waals surface area contributed by atoms with Gasteiger partial charge in [-0.1, -0.05) is 12.1 Å². The first kappa shape index (κ1) is 18.5. The zero-order valence-electron chi connectivity index (χ0n) is 11.0. The SMILES string of the molecule is C[N+](C)=c1ccc2nc3ccccc3sc-2c1.II.[I-]. The van der Waals surface area contributed by atoms with Crippen molar-refractivity contribution in [1.82, 2.24) is 9.56 Å². The number of nitrogens with zero attached hydrogens (tertiary/aromatic N) is 2. The lowest BCUT2D eigenvalue weighted by Gasteiger charge is -2.04. The Morgan fingerprint density at radius 3 is 2.45 bits per heavy atom. The third kappa shape index (κ3) is 4.23. The van der Waals surface area contributed by atoms with Gasteiger partial charge in [0, 0.05) is 49.4 Å². The maximum Gasteiger partial charge on any atom is 0.201 e. The van der Waals surface area contributed by atoms with E-state index in [9.17, 15) is 0 Å². The number of rotatable bonds is 0. The summed E-state index contributed by atoms with van der Waals surface area (Å²) in [7, 11) is 4.11. The lowest BCUT2D eigenvalue weighted by atomic mass is 10.2. The highest BCUT2D eigenvalue weighted by Crippen LogP contribution is 2.28. The first-order valence-corrected chi connectivity index (χ1v) is 12.8. The molecule has 20 heavy (non-hydrogen) atoms. The Balaban J connectivity index is 0.000000639. The Labute approximate surface area is 163 Å². The van der Waals surface area contributed by atoms with Crippen LogP contribution in [0.3, 0.4) is 0 Å². The minimum atomic E-state index is 0. The first-order chi connectivity index (χ1) is 9.24. The molecule has 0 amide bonds. The fraction of sp³-hybridized carbons (Fsp3) is 0.143. The third-order valence-corrected chi connectivity index (χ3v) is 3.90. The molecular formula is C14H13I3N2S. The van der Waals surface area contributed by atoms with Gasteiger partial charge in [0.05, 0.1) is 20.8 Å². The van der Waals surface area contributed by atoms with E-state index in [4.69, 9.17) is 0 Å².